The number of hydrogen-bond acceptors (Lipinski definition) is 1. The summed E-state index contributed by atoms with van der Waals surface area (Å²) in [4.78, 5) is 4.27. The van der Waals surface area contributed by atoms with Crippen molar-refractivity contribution in [2.75, 3.05) is 0 Å². The summed E-state index contributed by atoms with van der Waals surface area (Å²) in [6.45, 7) is 4.50. The molecule has 188 valence electrons. The molecule has 1 aromatic heterocycles. The van der Waals surface area contributed by atoms with Gasteiger partial charge in [0.15, 0.2) is 0 Å². The zero-order chi connectivity index (χ0) is 24.7. The molecule has 1 heterocycles. The monoisotopic (exact) mass is 473 g/mol. The van der Waals surface area contributed by atoms with Crippen molar-refractivity contribution < 1.29 is 4.39 Å². The highest BCUT2D eigenvalue weighted by Crippen LogP contribution is 2.27. The summed E-state index contributed by atoms with van der Waals surface area (Å²) in [5.74, 6) is -0.359. The first kappa shape index (κ1) is 27.1. The lowest BCUT2D eigenvalue weighted by Gasteiger charge is -2.08. The molecule has 0 spiro atoms. The normalized spacial score (nSPS) is 11.2. The van der Waals surface area contributed by atoms with Crippen LogP contribution in [-0.2, 0) is 12.8 Å². The van der Waals surface area contributed by atoms with Crippen molar-refractivity contribution in [2.24, 2.45) is 0 Å². The molecule has 0 atom stereocenters. The topological polar surface area (TPSA) is 12.9 Å². The van der Waals surface area contributed by atoms with E-state index >= 15 is 0 Å². The molecule has 0 amide bonds. The molecule has 0 saturated heterocycles. The van der Waals surface area contributed by atoms with Gasteiger partial charge in [-0.3, -0.25) is 0 Å². The second kappa shape index (κ2) is 15.5. The van der Waals surface area contributed by atoms with Crippen LogP contribution in [0, 0.1) is 5.95 Å². The average molecular weight is 474 g/mol. The number of pyridine rings is 1. The zero-order valence-electron chi connectivity index (χ0n) is 22.0. The number of aryl methyl sites for hydroxylation is 2. The van der Waals surface area contributed by atoms with E-state index in [4.69, 9.17) is 0 Å². The number of benzene rings is 2. The smallest absolute Gasteiger partial charge is 0.220 e. The van der Waals surface area contributed by atoms with Gasteiger partial charge in [-0.2, -0.15) is 4.39 Å². The van der Waals surface area contributed by atoms with Crippen molar-refractivity contribution in [1.29, 1.82) is 0 Å². The molecule has 0 bridgehead atoms. The number of unbranched alkanes of at least 4 members (excludes halogenated alkanes) is 10. The Labute approximate surface area is 213 Å². The molecule has 0 N–H and O–H groups in total. The van der Waals surface area contributed by atoms with Crippen molar-refractivity contribution in [1.82, 2.24) is 4.98 Å². The highest BCUT2D eigenvalue weighted by Gasteiger charge is 2.09. The fraction of sp³-hybridized carbons (Fsp3) is 0.485. The summed E-state index contributed by atoms with van der Waals surface area (Å²) in [5, 5.41) is 0. The van der Waals surface area contributed by atoms with Crippen molar-refractivity contribution >= 4 is 0 Å². The van der Waals surface area contributed by atoms with Crippen molar-refractivity contribution in [2.45, 2.75) is 104 Å². The van der Waals surface area contributed by atoms with E-state index in [0.29, 0.717) is 5.56 Å². The summed E-state index contributed by atoms with van der Waals surface area (Å²) in [6.07, 6.45) is 17.4. The van der Waals surface area contributed by atoms with Gasteiger partial charge in [0.25, 0.3) is 0 Å². The minimum absolute atomic E-state index is 0.359. The van der Waals surface area contributed by atoms with Gasteiger partial charge in [0.2, 0.25) is 5.95 Å². The minimum atomic E-state index is -0.359. The van der Waals surface area contributed by atoms with Gasteiger partial charge >= 0.3 is 0 Å². The molecular formula is C33H44FN. The van der Waals surface area contributed by atoms with Crippen LogP contribution in [0.2, 0.25) is 0 Å². The van der Waals surface area contributed by atoms with E-state index in [0.717, 1.165) is 36.1 Å². The molecule has 0 aliphatic carbocycles. The first-order valence-electron chi connectivity index (χ1n) is 14.1. The molecule has 0 unspecified atom stereocenters. The van der Waals surface area contributed by atoms with E-state index in [1.165, 1.54) is 81.8 Å². The molecule has 0 fully saturated rings. The number of aromatic nitrogens is 1. The maximum Gasteiger partial charge on any atom is 0.220 e. The lowest BCUT2D eigenvalue weighted by atomic mass is 9.98. The van der Waals surface area contributed by atoms with Crippen LogP contribution in [-0.4, -0.2) is 4.98 Å². The Morgan fingerprint density at radius 1 is 0.514 bits per heavy atom. The van der Waals surface area contributed by atoms with Gasteiger partial charge in [-0.15, -0.1) is 0 Å². The van der Waals surface area contributed by atoms with Crippen LogP contribution in [0.15, 0.2) is 60.7 Å². The molecule has 0 aliphatic rings. The molecule has 2 aromatic carbocycles. The molecule has 1 nitrogen and oxygen atoms in total. The maximum absolute atomic E-state index is 14.8. The van der Waals surface area contributed by atoms with E-state index in [1.54, 1.807) is 0 Å². The second-order valence-corrected chi connectivity index (χ2v) is 9.95. The van der Waals surface area contributed by atoms with Gasteiger partial charge in [-0.1, -0.05) is 127 Å². The molecule has 0 saturated carbocycles. The summed E-state index contributed by atoms with van der Waals surface area (Å²) < 4.78 is 14.8. The fourth-order valence-corrected chi connectivity index (χ4v) is 4.73. The van der Waals surface area contributed by atoms with E-state index in [1.807, 2.05) is 24.3 Å². The number of halogens is 1. The summed E-state index contributed by atoms with van der Waals surface area (Å²) >= 11 is 0. The van der Waals surface area contributed by atoms with Crippen LogP contribution in [0.1, 0.15) is 102 Å². The highest BCUT2D eigenvalue weighted by atomic mass is 19.1. The number of hydrogen-bond donors (Lipinski definition) is 0. The summed E-state index contributed by atoms with van der Waals surface area (Å²) in [6, 6.07) is 20.9. The molecular weight excluding hydrogens is 429 g/mol. The van der Waals surface area contributed by atoms with Crippen LogP contribution < -0.4 is 0 Å². The lowest BCUT2D eigenvalue weighted by molar-refractivity contribution is 0.561. The lowest BCUT2D eigenvalue weighted by Crippen LogP contribution is -1.96. The molecule has 35 heavy (non-hydrogen) atoms. The van der Waals surface area contributed by atoms with Crippen LogP contribution in [0.25, 0.3) is 22.3 Å². The Morgan fingerprint density at radius 3 is 1.60 bits per heavy atom. The molecule has 0 radical (unpaired) electrons. The van der Waals surface area contributed by atoms with E-state index in [9.17, 15) is 4.39 Å². The first-order chi connectivity index (χ1) is 17.2. The largest absolute Gasteiger partial charge is 0.224 e. The van der Waals surface area contributed by atoms with Gasteiger partial charge in [0, 0.05) is 11.3 Å². The third kappa shape index (κ3) is 9.24. The highest BCUT2D eigenvalue weighted by molar-refractivity contribution is 5.70. The Kier molecular flexibility index (Phi) is 12.0. The van der Waals surface area contributed by atoms with E-state index in [-0.39, 0.29) is 5.95 Å². The molecule has 0 aliphatic heterocycles. The first-order valence-corrected chi connectivity index (χ1v) is 14.1. The predicted octanol–water partition coefficient (Wildman–Crippen LogP) is 10.4. The van der Waals surface area contributed by atoms with E-state index < -0.39 is 0 Å². The van der Waals surface area contributed by atoms with Gasteiger partial charge in [-0.05, 0) is 60.1 Å². The van der Waals surface area contributed by atoms with E-state index in [2.05, 4.69) is 55.2 Å². The van der Waals surface area contributed by atoms with Crippen LogP contribution in [0.5, 0.6) is 0 Å². The standard InChI is InChI=1S/C33H44FN/c1-3-5-7-9-10-11-12-14-16-31-25-26-32(33(34)35-31)30-23-21-29(22-24-30)28-19-17-27(18-20-28)15-13-8-6-4-2/h17-26H,3-16H2,1-2H3. The third-order valence-electron chi connectivity index (χ3n) is 7.00. The SMILES string of the molecule is CCCCCCCCCCc1ccc(-c2ccc(-c3ccc(CCCCCC)cc3)cc2)c(F)n1. The van der Waals surface area contributed by atoms with Crippen LogP contribution in [0.4, 0.5) is 4.39 Å². The zero-order valence-corrected chi connectivity index (χ0v) is 22.0. The van der Waals surface area contributed by atoms with Crippen molar-refractivity contribution in [3.8, 4) is 22.3 Å². The van der Waals surface area contributed by atoms with Crippen molar-refractivity contribution in [3.63, 3.8) is 0 Å². The van der Waals surface area contributed by atoms with Gasteiger partial charge in [0.05, 0.1) is 0 Å². The van der Waals surface area contributed by atoms with Gasteiger partial charge < -0.3 is 0 Å². The summed E-state index contributed by atoms with van der Waals surface area (Å²) in [5.41, 5.74) is 6.09. The minimum Gasteiger partial charge on any atom is -0.224 e. The van der Waals surface area contributed by atoms with Crippen LogP contribution >= 0.6 is 0 Å². The Balaban J connectivity index is 1.49. The Morgan fingerprint density at radius 2 is 1.00 bits per heavy atom. The fourth-order valence-electron chi connectivity index (χ4n) is 4.73. The number of rotatable bonds is 16. The molecule has 3 aromatic rings. The second-order valence-electron chi connectivity index (χ2n) is 9.95. The van der Waals surface area contributed by atoms with Crippen molar-refractivity contribution in [3.05, 3.63) is 77.9 Å². The Bertz CT molecular complexity index is 975. The maximum atomic E-state index is 14.8. The quantitative estimate of drug-likeness (QED) is 0.149. The molecule has 2 heteroatoms. The molecule has 3 rings (SSSR count). The summed E-state index contributed by atoms with van der Waals surface area (Å²) in [7, 11) is 0. The van der Waals surface area contributed by atoms with Gasteiger partial charge in [-0.25, -0.2) is 4.98 Å². The van der Waals surface area contributed by atoms with Gasteiger partial charge in [0.1, 0.15) is 0 Å². The Hall–Kier alpha value is -2.48. The predicted molar refractivity (Wildman–Crippen MR) is 149 cm³/mol. The average Bonchev–Trinajstić information content (AvgIpc) is 2.89. The third-order valence-corrected chi connectivity index (χ3v) is 7.00. The number of nitrogens with zero attached hydrogens (tertiary/aromatic N) is 1. The van der Waals surface area contributed by atoms with Crippen LogP contribution in [0.3, 0.4) is 0 Å².